The Labute approximate surface area is 123 Å². The lowest BCUT2D eigenvalue weighted by atomic mass is 9.69. The van der Waals surface area contributed by atoms with E-state index in [1.807, 2.05) is 18.3 Å². The van der Waals surface area contributed by atoms with E-state index >= 15 is 0 Å². The molecule has 0 aliphatic heterocycles. The van der Waals surface area contributed by atoms with E-state index in [-0.39, 0.29) is 5.91 Å². The van der Waals surface area contributed by atoms with Crippen LogP contribution in [0.3, 0.4) is 0 Å². The molecule has 0 spiro atoms. The minimum Gasteiger partial charge on any atom is -0.350 e. The molecule has 0 radical (unpaired) electrons. The smallest absolute Gasteiger partial charge is 0.272 e. The van der Waals surface area contributed by atoms with Gasteiger partial charge in [0.05, 0.1) is 5.52 Å². The first-order chi connectivity index (χ1) is 10.3. The highest BCUT2D eigenvalue weighted by molar-refractivity contribution is 5.98. The third kappa shape index (κ3) is 2.22. The van der Waals surface area contributed by atoms with Crippen molar-refractivity contribution in [2.45, 2.75) is 19.3 Å². The Morgan fingerprint density at radius 2 is 2.33 bits per heavy atom. The second-order valence-electron chi connectivity index (χ2n) is 6.04. The van der Waals surface area contributed by atoms with E-state index in [2.05, 4.69) is 27.6 Å². The van der Waals surface area contributed by atoms with Crippen LogP contribution in [0.25, 0.3) is 5.52 Å². The van der Waals surface area contributed by atoms with Gasteiger partial charge in [0.15, 0.2) is 5.69 Å². The third-order valence-corrected chi connectivity index (χ3v) is 4.79. The van der Waals surface area contributed by atoms with Gasteiger partial charge >= 0.3 is 0 Å². The van der Waals surface area contributed by atoms with Gasteiger partial charge in [-0.25, -0.2) is 9.50 Å². The van der Waals surface area contributed by atoms with E-state index in [0.717, 1.165) is 12.1 Å². The maximum absolute atomic E-state index is 12.4. The van der Waals surface area contributed by atoms with Crippen molar-refractivity contribution in [1.29, 1.82) is 0 Å². The topological polar surface area (TPSA) is 59.3 Å². The number of hydrogen-bond acceptors (Lipinski definition) is 3. The number of fused-ring (bicyclic) bond motifs is 3. The Morgan fingerprint density at radius 1 is 1.38 bits per heavy atom. The summed E-state index contributed by atoms with van der Waals surface area (Å²) < 4.78 is 1.67. The zero-order valence-corrected chi connectivity index (χ0v) is 11.8. The molecule has 1 N–H and O–H groups in total. The molecule has 3 atom stereocenters. The molecule has 3 unspecified atom stereocenters. The van der Waals surface area contributed by atoms with Crippen LogP contribution in [0.2, 0.25) is 0 Å². The molecule has 5 nitrogen and oxygen atoms in total. The molecule has 0 saturated heterocycles. The van der Waals surface area contributed by atoms with Crippen LogP contribution >= 0.6 is 0 Å². The molecule has 3 aliphatic rings. The molecular weight excluding hydrogens is 264 g/mol. The van der Waals surface area contributed by atoms with E-state index in [1.165, 1.54) is 25.6 Å². The fourth-order valence-corrected chi connectivity index (χ4v) is 3.63. The average molecular weight is 282 g/mol. The fourth-order valence-electron chi connectivity index (χ4n) is 3.63. The van der Waals surface area contributed by atoms with Crippen LogP contribution in [0.4, 0.5) is 0 Å². The van der Waals surface area contributed by atoms with Gasteiger partial charge in [0.25, 0.3) is 5.91 Å². The van der Waals surface area contributed by atoms with E-state index in [0.29, 0.717) is 23.4 Å². The molecule has 1 amide bonds. The predicted octanol–water partition coefficient (Wildman–Crippen LogP) is 2.06. The minimum absolute atomic E-state index is 0.105. The van der Waals surface area contributed by atoms with Crippen molar-refractivity contribution in [2.75, 3.05) is 6.54 Å². The highest BCUT2D eigenvalue weighted by Gasteiger charge is 2.31. The van der Waals surface area contributed by atoms with Crippen molar-refractivity contribution in [1.82, 2.24) is 19.9 Å². The van der Waals surface area contributed by atoms with Gasteiger partial charge in [-0.3, -0.25) is 4.79 Å². The van der Waals surface area contributed by atoms with Crippen LogP contribution in [-0.4, -0.2) is 27.0 Å². The van der Waals surface area contributed by atoms with Crippen LogP contribution in [0, 0.1) is 17.8 Å². The molecular formula is C16H18N4O. The van der Waals surface area contributed by atoms with Crippen molar-refractivity contribution in [2.24, 2.45) is 17.8 Å². The van der Waals surface area contributed by atoms with E-state index < -0.39 is 0 Å². The van der Waals surface area contributed by atoms with Crippen molar-refractivity contribution in [3.8, 4) is 0 Å². The highest BCUT2D eigenvalue weighted by atomic mass is 16.1. The Morgan fingerprint density at radius 3 is 3.10 bits per heavy atom. The molecule has 108 valence electrons. The monoisotopic (exact) mass is 282 g/mol. The molecule has 5 rings (SSSR count). The SMILES string of the molecule is O=C(NCC1CC2C=CC1CC2)c1ncnn2cccc12. The van der Waals surface area contributed by atoms with Crippen molar-refractivity contribution < 1.29 is 4.79 Å². The van der Waals surface area contributed by atoms with E-state index in [1.54, 1.807) is 4.52 Å². The van der Waals surface area contributed by atoms with Gasteiger partial charge in [0.1, 0.15) is 6.33 Å². The Hall–Kier alpha value is -2.17. The minimum atomic E-state index is -0.105. The summed E-state index contributed by atoms with van der Waals surface area (Å²) in [7, 11) is 0. The Balaban J connectivity index is 1.47. The maximum atomic E-state index is 12.4. The van der Waals surface area contributed by atoms with Gasteiger partial charge in [-0.15, -0.1) is 0 Å². The number of hydrogen-bond donors (Lipinski definition) is 1. The molecule has 1 fully saturated rings. The van der Waals surface area contributed by atoms with Gasteiger partial charge < -0.3 is 5.32 Å². The lowest BCUT2D eigenvalue weighted by molar-refractivity contribution is 0.0929. The quantitative estimate of drug-likeness (QED) is 0.877. The summed E-state index contributed by atoms with van der Waals surface area (Å²) >= 11 is 0. The van der Waals surface area contributed by atoms with E-state index in [9.17, 15) is 4.79 Å². The summed E-state index contributed by atoms with van der Waals surface area (Å²) in [6, 6.07) is 3.73. The number of allylic oxidation sites excluding steroid dienone is 2. The largest absolute Gasteiger partial charge is 0.350 e. The number of carbonyl (C=O) groups is 1. The molecule has 1 saturated carbocycles. The summed E-state index contributed by atoms with van der Waals surface area (Å²) in [5.74, 6) is 1.82. The number of amides is 1. The fraction of sp³-hybridized carbons (Fsp3) is 0.438. The first kappa shape index (κ1) is 12.6. The summed E-state index contributed by atoms with van der Waals surface area (Å²) in [4.78, 5) is 16.5. The number of carbonyl (C=O) groups excluding carboxylic acids is 1. The third-order valence-electron chi connectivity index (χ3n) is 4.79. The van der Waals surface area contributed by atoms with Gasteiger partial charge in [-0.05, 0) is 49.1 Å². The molecule has 3 aliphatic carbocycles. The summed E-state index contributed by atoms with van der Waals surface area (Å²) in [6.07, 6.45) is 11.7. The number of aromatic nitrogens is 3. The first-order valence-corrected chi connectivity index (χ1v) is 7.56. The molecule has 2 bridgehead atoms. The Kier molecular flexibility index (Phi) is 2.98. The number of nitrogens with one attached hydrogen (secondary N) is 1. The number of rotatable bonds is 3. The zero-order chi connectivity index (χ0) is 14.2. The molecule has 2 aromatic heterocycles. The van der Waals surface area contributed by atoms with Crippen molar-refractivity contribution in [3.05, 3.63) is 42.5 Å². The lowest BCUT2D eigenvalue weighted by Gasteiger charge is -2.38. The first-order valence-electron chi connectivity index (χ1n) is 7.56. The molecule has 21 heavy (non-hydrogen) atoms. The van der Waals surface area contributed by atoms with Crippen LogP contribution in [0.1, 0.15) is 29.8 Å². The van der Waals surface area contributed by atoms with Crippen LogP contribution in [0.5, 0.6) is 0 Å². The maximum Gasteiger partial charge on any atom is 0.272 e. The lowest BCUT2D eigenvalue weighted by Crippen LogP contribution is -2.37. The molecule has 2 heterocycles. The van der Waals surface area contributed by atoms with Gasteiger partial charge in [-0.2, -0.15) is 5.10 Å². The van der Waals surface area contributed by atoms with Gasteiger partial charge in [0, 0.05) is 12.7 Å². The van der Waals surface area contributed by atoms with Crippen LogP contribution in [-0.2, 0) is 0 Å². The van der Waals surface area contributed by atoms with Crippen molar-refractivity contribution in [3.63, 3.8) is 0 Å². The summed E-state index contributed by atoms with van der Waals surface area (Å²) in [5.41, 5.74) is 1.20. The van der Waals surface area contributed by atoms with E-state index in [4.69, 9.17) is 0 Å². The molecule has 5 heteroatoms. The molecule has 0 aromatic carbocycles. The predicted molar refractivity (Wildman–Crippen MR) is 78.8 cm³/mol. The number of nitrogens with zero attached hydrogens (tertiary/aromatic N) is 3. The second kappa shape index (κ2) is 4.98. The van der Waals surface area contributed by atoms with Gasteiger partial charge in [-0.1, -0.05) is 12.2 Å². The highest BCUT2D eigenvalue weighted by Crippen LogP contribution is 2.39. The summed E-state index contributed by atoms with van der Waals surface area (Å²) in [5, 5.41) is 7.14. The normalized spacial score (nSPS) is 27.1. The Bertz CT molecular complexity index is 705. The zero-order valence-electron chi connectivity index (χ0n) is 11.8. The van der Waals surface area contributed by atoms with Gasteiger partial charge in [0.2, 0.25) is 0 Å². The van der Waals surface area contributed by atoms with Crippen LogP contribution < -0.4 is 5.32 Å². The summed E-state index contributed by atoms with van der Waals surface area (Å²) in [6.45, 7) is 0.737. The average Bonchev–Trinajstić information content (AvgIpc) is 3.02. The van der Waals surface area contributed by atoms with Crippen molar-refractivity contribution >= 4 is 11.4 Å². The van der Waals surface area contributed by atoms with Crippen LogP contribution in [0.15, 0.2) is 36.8 Å². The standard InChI is InChI=1S/C16H18N4O/c21-16(15-14-2-1-7-20(14)19-10-18-15)17-9-13-8-11-3-5-12(13)6-4-11/h1-3,5,7,10-13H,4,6,8-9H2,(H,17,21). The second-order valence-corrected chi connectivity index (χ2v) is 6.04. The molecule has 2 aromatic rings.